The summed E-state index contributed by atoms with van der Waals surface area (Å²) in [5.41, 5.74) is 2.77. The summed E-state index contributed by atoms with van der Waals surface area (Å²) in [6.45, 7) is 11.2. The first-order chi connectivity index (χ1) is 8.69. The van der Waals surface area contributed by atoms with Gasteiger partial charge in [0.15, 0.2) is 0 Å². The van der Waals surface area contributed by atoms with Crippen molar-refractivity contribution in [2.75, 3.05) is 19.8 Å². The molecule has 102 valence electrons. The molecule has 0 saturated carbocycles. The van der Waals surface area contributed by atoms with E-state index in [0.29, 0.717) is 12.0 Å². The Hall–Kier alpha value is -0.860. The quantitative estimate of drug-likeness (QED) is 0.711. The van der Waals surface area contributed by atoms with E-state index in [-0.39, 0.29) is 0 Å². The van der Waals surface area contributed by atoms with Gasteiger partial charge in [0.25, 0.3) is 0 Å². The van der Waals surface area contributed by atoms with Crippen LogP contribution < -0.4 is 5.32 Å². The van der Waals surface area contributed by atoms with Gasteiger partial charge < -0.3 is 10.1 Å². The summed E-state index contributed by atoms with van der Waals surface area (Å²) in [6.07, 6.45) is 1.10. The molecule has 0 heterocycles. The Morgan fingerprint density at radius 2 is 1.78 bits per heavy atom. The lowest BCUT2D eigenvalue weighted by molar-refractivity contribution is 0.145. The van der Waals surface area contributed by atoms with Gasteiger partial charge in [-0.2, -0.15) is 0 Å². The van der Waals surface area contributed by atoms with Gasteiger partial charge in [0, 0.05) is 19.2 Å². The predicted octanol–water partition coefficient (Wildman–Crippen LogP) is 3.57. The molecule has 2 heteroatoms. The van der Waals surface area contributed by atoms with Crippen molar-refractivity contribution in [1.82, 2.24) is 5.32 Å². The first kappa shape index (κ1) is 15.2. The molecule has 0 aliphatic heterocycles. The van der Waals surface area contributed by atoms with E-state index in [0.717, 1.165) is 26.2 Å². The number of hydrogen-bond donors (Lipinski definition) is 1. The highest BCUT2D eigenvalue weighted by molar-refractivity contribution is 5.25. The number of nitrogens with one attached hydrogen (secondary N) is 1. The van der Waals surface area contributed by atoms with Crippen molar-refractivity contribution in [3.8, 4) is 0 Å². The Morgan fingerprint density at radius 1 is 1.11 bits per heavy atom. The molecule has 1 atom stereocenters. The fourth-order valence-electron chi connectivity index (χ4n) is 2.13. The zero-order valence-corrected chi connectivity index (χ0v) is 12.2. The second kappa shape index (κ2) is 8.28. The van der Waals surface area contributed by atoms with Gasteiger partial charge in [0.05, 0.1) is 6.61 Å². The molecule has 18 heavy (non-hydrogen) atoms. The maximum Gasteiger partial charge on any atom is 0.0590 e. The molecule has 1 aromatic rings. The van der Waals surface area contributed by atoms with Crippen molar-refractivity contribution in [1.29, 1.82) is 0 Å². The third kappa shape index (κ3) is 4.79. The first-order valence-electron chi connectivity index (χ1n) is 7.09. The van der Waals surface area contributed by atoms with Crippen LogP contribution in [-0.2, 0) is 11.2 Å². The van der Waals surface area contributed by atoms with E-state index in [4.69, 9.17) is 4.74 Å². The van der Waals surface area contributed by atoms with Crippen molar-refractivity contribution in [2.45, 2.75) is 40.2 Å². The SMILES string of the molecule is CCOCCNC(c1ccc(CC)cc1)C(C)C. The van der Waals surface area contributed by atoms with Gasteiger partial charge in [0.2, 0.25) is 0 Å². The van der Waals surface area contributed by atoms with E-state index in [1.807, 2.05) is 6.92 Å². The van der Waals surface area contributed by atoms with Crippen molar-refractivity contribution in [3.63, 3.8) is 0 Å². The van der Waals surface area contributed by atoms with Gasteiger partial charge in [-0.15, -0.1) is 0 Å². The molecule has 0 bridgehead atoms. The molecule has 0 aromatic heterocycles. The minimum atomic E-state index is 0.413. The number of ether oxygens (including phenoxy) is 1. The molecule has 1 unspecified atom stereocenters. The molecule has 0 aliphatic rings. The second-order valence-electron chi connectivity index (χ2n) is 4.97. The van der Waals surface area contributed by atoms with Crippen LogP contribution in [0, 0.1) is 5.92 Å². The van der Waals surface area contributed by atoms with E-state index in [1.165, 1.54) is 11.1 Å². The molecular weight excluding hydrogens is 222 g/mol. The van der Waals surface area contributed by atoms with Gasteiger partial charge in [-0.25, -0.2) is 0 Å². The van der Waals surface area contributed by atoms with Crippen molar-refractivity contribution >= 4 is 0 Å². The zero-order chi connectivity index (χ0) is 13.4. The highest BCUT2D eigenvalue weighted by Crippen LogP contribution is 2.21. The standard InChI is InChI=1S/C16H27NO/c1-5-14-7-9-15(10-8-14)16(13(3)4)17-11-12-18-6-2/h7-10,13,16-17H,5-6,11-12H2,1-4H3. The van der Waals surface area contributed by atoms with Crippen LogP contribution in [0.15, 0.2) is 24.3 Å². The lowest BCUT2D eigenvalue weighted by Crippen LogP contribution is -2.29. The average Bonchev–Trinajstić information content (AvgIpc) is 2.39. The molecule has 0 spiro atoms. The van der Waals surface area contributed by atoms with Gasteiger partial charge >= 0.3 is 0 Å². The Morgan fingerprint density at radius 3 is 2.28 bits per heavy atom. The van der Waals surface area contributed by atoms with Crippen LogP contribution in [-0.4, -0.2) is 19.8 Å². The normalized spacial score (nSPS) is 12.9. The van der Waals surface area contributed by atoms with Crippen LogP contribution in [0.25, 0.3) is 0 Å². The van der Waals surface area contributed by atoms with E-state index in [9.17, 15) is 0 Å². The minimum Gasteiger partial charge on any atom is -0.380 e. The third-order valence-electron chi connectivity index (χ3n) is 3.23. The topological polar surface area (TPSA) is 21.3 Å². The number of aryl methyl sites for hydroxylation is 1. The maximum absolute atomic E-state index is 5.37. The van der Waals surface area contributed by atoms with Gasteiger partial charge in [-0.1, -0.05) is 45.0 Å². The summed E-state index contributed by atoms with van der Waals surface area (Å²) in [6, 6.07) is 9.37. The molecule has 1 rings (SSSR count). The van der Waals surface area contributed by atoms with E-state index < -0.39 is 0 Å². The van der Waals surface area contributed by atoms with Crippen LogP contribution in [0.1, 0.15) is 44.9 Å². The molecular formula is C16H27NO. The molecule has 0 radical (unpaired) electrons. The molecule has 1 N–H and O–H groups in total. The van der Waals surface area contributed by atoms with Gasteiger partial charge in [0.1, 0.15) is 0 Å². The first-order valence-corrected chi connectivity index (χ1v) is 7.09. The van der Waals surface area contributed by atoms with Crippen LogP contribution in [0.2, 0.25) is 0 Å². The highest BCUT2D eigenvalue weighted by Gasteiger charge is 2.14. The van der Waals surface area contributed by atoms with E-state index in [2.05, 4.69) is 50.4 Å². The van der Waals surface area contributed by atoms with E-state index in [1.54, 1.807) is 0 Å². The maximum atomic E-state index is 5.37. The smallest absolute Gasteiger partial charge is 0.0590 e. The molecule has 1 aromatic carbocycles. The second-order valence-corrected chi connectivity index (χ2v) is 4.97. The monoisotopic (exact) mass is 249 g/mol. The van der Waals surface area contributed by atoms with Crippen molar-refractivity contribution in [2.24, 2.45) is 5.92 Å². The highest BCUT2D eigenvalue weighted by atomic mass is 16.5. The van der Waals surface area contributed by atoms with E-state index >= 15 is 0 Å². The molecule has 0 saturated heterocycles. The number of hydrogen-bond acceptors (Lipinski definition) is 2. The van der Waals surface area contributed by atoms with Gasteiger partial charge in [-0.05, 0) is 30.4 Å². The Balaban J connectivity index is 2.59. The van der Waals surface area contributed by atoms with Crippen LogP contribution >= 0.6 is 0 Å². The molecule has 0 aliphatic carbocycles. The molecule has 0 amide bonds. The number of benzene rings is 1. The predicted molar refractivity (Wildman–Crippen MR) is 77.9 cm³/mol. The fourth-order valence-corrected chi connectivity index (χ4v) is 2.13. The summed E-state index contributed by atoms with van der Waals surface area (Å²) in [4.78, 5) is 0. The number of rotatable bonds is 8. The van der Waals surface area contributed by atoms with Crippen molar-refractivity contribution in [3.05, 3.63) is 35.4 Å². The lowest BCUT2D eigenvalue weighted by Gasteiger charge is -2.23. The van der Waals surface area contributed by atoms with Crippen LogP contribution in [0.5, 0.6) is 0 Å². The zero-order valence-electron chi connectivity index (χ0n) is 12.2. The Labute approximate surface area is 112 Å². The minimum absolute atomic E-state index is 0.413. The summed E-state index contributed by atoms with van der Waals surface area (Å²) < 4.78 is 5.37. The average molecular weight is 249 g/mol. The summed E-state index contributed by atoms with van der Waals surface area (Å²) in [7, 11) is 0. The summed E-state index contributed by atoms with van der Waals surface area (Å²) in [5.74, 6) is 0.583. The summed E-state index contributed by atoms with van der Waals surface area (Å²) >= 11 is 0. The Bertz CT molecular complexity index is 318. The molecule has 0 fully saturated rings. The fraction of sp³-hybridized carbons (Fsp3) is 0.625. The third-order valence-corrected chi connectivity index (χ3v) is 3.23. The molecule has 2 nitrogen and oxygen atoms in total. The lowest BCUT2D eigenvalue weighted by atomic mass is 9.95. The Kier molecular flexibility index (Phi) is 6.99. The van der Waals surface area contributed by atoms with Crippen LogP contribution in [0.3, 0.4) is 0 Å². The largest absolute Gasteiger partial charge is 0.380 e. The van der Waals surface area contributed by atoms with Crippen molar-refractivity contribution < 1.29 is 4.74 Å². The van der Waals surface area contributed by atoms with Gasteiger partial charge in [-0.3, -0.25) is 0 Å². The van der Waals surface area contributed by atoms with Crippen LogP contribution in [0.4, 0.5) is 0 Å². The summed E-state index contributed by atoms with van der Waals surface area (Å²) in [5, 5.41) is 3.58.